The van der Waals surface area contributed by atoms with Gasteiger partial charge in [0.1, 0.15) is 0 Å². The third-order valence-electron chi connectivity index (χ3n) is 7.15. The van der Waals surface area contributed by atoms with Gasteiger partial charge in [-0.15, -0.1) is 0 Å². The summed E-state index contributed by atoms with van der Waals surface area (Å²) in [5.41, 5.74) is 5.94. The zero-order valence-corrected chi connectivity index (χ0v) is 19.2. The highest BCUT2D eigenvalue weighted by Crippen LogP contribution is 2.46. The van der Waals surface area contributed by atoms with Crippen molar-refractivity contribution in [3.63, 3.8) is 0 Å². The minimum Gasteiger partial charge on any atom is -0.386 e. The van der Waals surface area contributed by atoms with Gasteiger partial charge in [0.05, 0.1) is 24.0 Å². The van der Waals surface area contributed by atoms with E-state index < -0.39 is 6.10 Å². The van der Waals surface area contributed by atoms with E-state index in [1.807, 2.05) is 24.3 Å². The smallest absolute Gasteiger partial charge is 0.0992 e. The molecule has 1 N–H and O–H groups in total. The van der Waals surface area contributed by atoms with Crippen molar-refractivity contribution in [1.82, 2.24) is 9.78 Å². The van der Waals surface area contributed by atoms with Gasteiger partial charge in [0.25, 0.3) is 0 Å². The summed E-state index contributed by atoms with van der Waals surface area (Å²) in [4.78, 5) is 0. The highest BCUT2D eigenvalue weighted by atomic mass is 16.3. The highest BCUT2D eigenvalue weighted by Gasteiger charge is 2.34. The van der Waals surface area contributed by atoms with E-state index in [4.69, 9.17) is 5.10 Å². The van der Waals surface area contributed by atoms with Gasteiger partial charge in [-0.05, 0) is 41.0 Å². The van der Waals surface area contributed by atoms with Crippen LogP contribution in [0.2, 0.25) is 0 Å². The molecule has 0 unspecified atom stereocenters. The Morgan fingerprint density at radius 2 is 1.66 bits per heavy atom. The van der Waals surface area contributed by atoms with Crippen molar-refractivity contribution < 1.29 is 5.11 Å². The van der Waals surface area contributed by atoms with Crippen molar-refractivity contribution in [3.8, 4) is 11.3 Å². The molecule has 1 aliphatic carbocycles. The molecule has 0 spiro atoms. The fraction of sp³-hybridized carbons (Fsp3) is 0.345. The fourth-order valence-corrected chi connectivity index (χ4v) is 5.45. The van der Waals surface area contributed by atoms with Crippen LogP contribution in [0.4, 0.5) is 0 Å². The standard InChI is InChI=1S/C29H32N2O/c1-19(2)23-17-16-20(3)27-28(23)30-31(29(27)22-11-5-4-6-12-22)18-26(32)25-15-9-13-21-10-7-8-14-24(21)25/h4-15,19-20,23,26,32H,16-18H2,1-3H3/t20-,23+,26+/m1/s1. The van der Waals surface area contributed by atoms with Crippen LogP contribution in [-0.2, 0) is 6.54 Å². The van der Waals surface area contributed by atoms with Crippen LogP contribution in [0, 0.1) is 5.92 Å². The van der Waals surface area contributed by atoms with E-state index in [2.05, 4.69) is 74.0 Å². The van der Waals surface area contributed by atoms with Gasteiger partial charge >= 0.3 is 0 Å². The third kappa shape index (κ3) is 3.65. The Bertz CT molecular complexity index is 1220. The molecule has 0 aliphatic heterocycles. The molecule has 0 saturated carbocycles. The van der Waals surface area contributed by atoms with Gasteiger partial charge in [-0.1, -0.05) is 93.6 Å². The molecular formula is C29H32N2O. The third-order valence-corrected chi connectivity index (χ3v) is 7.15. The molecule has 3 nitrogen and oxygen atoms in total. The van der Waals surface area contributed by atoms with E-state index in [0.717, 1.165) is 16.3 Å². The van der Waals surface area contributed by atoms with E-state index in [0.29, 0.717) is 24.3 Å². The SMILES string of the molecule is CC(C)[C@@H]1CC[C@@H](C)c2c1nn(C[C@H](O)c1cccc3ccccc13)c2-c1ccccc1. The number of hydrogen-bond acceptors (Lipinski definition) is 2. The second kappa shape index (κ2) is 8.55. The molecule has 3 atom stereocenters. The van der Waals surface area contributed by atoms with Gasteiger partial charge in [-0.3, -0.25) is 4.68 Å². The number of hydrogen-bond donors (Lipinski definition) is 1. The van der Waals surface area contributed by atoms with Crippen LogP contribution >= 0.6 is 0 Å². The minimum absolute atomic E-state index is 0.447. The summed E-state index contributed by atoms with van der Waals surface area (Å²) in [5.74, 6) is 1.49. The number of benzene rings is 3. The Morgan fingerprint density at radius 1 is 0.938 bits per heavy atom. The van der Waals surface area contributed by atoms with Gasteiger partial charge in [0.15, 0.2) is 0 Å². The highest BCUT2D eigenvalue weighted by molar-refractivity contribution is 5.86. The number of aliphatic hydroxyl groups excluding tert-OH is 1. The molecule has 0 saturated heterocycles. The average molecular weight is 425 g/mol. The zero-order valence-electron chi connectivity index (χ0n) is 19.2. The lowest BCUT2D eigenvalue weighted by atomic mass is 9.75. The lowest BCUT2D eigenvalue weighted by Crippen LogP contribution is -2.17. The largest absolute Gasteiger partial charge is 0.386 e. The van der Waals surface area contributed by atoms with Gasteiger partial charge in [0.2, 0.25) is 0 Å². The van der Waals surface area contributed by atoms with Crippen LogP contribution in [0.3, 0.4) is 0 Å². The van der Waals surface area contributed by atoms with Crippen molar-refractivity contribution in [3.05, 3.63) is 89.6 Å². The maximum absolute atomic E-state index is 11.4. The van der Waals surface area contributed by atoms with Gasteiger partial charge in [-0.25, -0.2) is 0 Å². The lowest BCUT2D eigenvalue weighted by Gasteiger charge is -2.29. The van der Waals surface area contributed by atoms with E-state index in [9.17, 15) is 5.11 Å². The molecule has 5 rings (SSSR count). The summed E-state index contributed by atoms with van der Waals surface area (Å²) in [5, 5.41) is 18.8. The fourth-order valence-electron chi connectivity index (χ4n) is 5.45. The van der Waals surface area contributed by atoms with Crippen LogP contribution in [-0.4, -0.2) is 14.9 Å². The number of fused-ring (bicyclic) bond motifs is 2. The van der Waals surface area contributed by atoms with E-state index in [1.54, 1.807) is 0 Å². The Balaban J connectivity index is 1.63. The van der Waals surface area contributed by atoms with Gasteiger partial charge in [0, 0.05) is 17.0 Å². The molecule has 0 radical (unpaired) electrons. The van der Waals surface area contributed by atoms with Gasteiger partial charge < -0.3 is 5.11 Å². The Labute approximate surface area is 190 Å². The molecule has 0 bridgehead atoms. The van der Waals surface area contributed by atoms with Crippen molar-refractivity contribution in [1.29, 1.82) is 0 Å². The Morgan fingerprint density at radius 3 is 2.44 bits per heavy atom. The van der Waals surface area contributed by atoms with Crippen LogP contribution in [0.25, 0.3) is 22.0 Å². The number of aliphatic hydroxyl groups is 1. The first-order chi connectivity index (χ1) is 15.5. The predicted octanol–water partition coefficient (Wildman–Crippen LogP) is 7.07. The molecule has 4 aromatic rings. The van der Waals surface area contributed by atoms with Crippen molar-refractivity contribution in [2.75, 3.05) is 0 Å². The molecule has 1 heterocycles. The molecule has 164 valence electrons. The molecule has 3 aromatic carbocycles. The summed E-state index contributed by atoms with van der Waals surface area (Å²) >= 11 is 0. The average Bonchev–Trinajstić information content (AvgIpc) is 3.18. The minimum atomic E-state index is -0.627. The first-order valence-corrected chi connectivity index (χ1v) is 11.9. The van der Waals surface area contributed by atoms with Crippen LogP contribution in [0.15, 0.2) is 72.8 Å². The molecule has 1 aliphatic rings. The first-order valence-electron chi connectivity index (χ1n) is 11.9. The summed E-state index contributed by atoms with van der Waals surface area (Å²) in [6.07, 6.45) is 1.74. The molecule has 0 fully saturated rings. The maximum atomic E-state index is 11.4. The van der Waals surface area contributed by atoms with Crippen LogP contribution in [0.5, 0.6) is 0 Å². The number of rotatable bonds is 5. The summed E-state index contributed by atoms with van der Waals surface area (Å²) in [7, 11) is 0. The van der Waals surface area contributed by atoms with Gasteiger partial charge in [-0.2, -0.15) is 5.10 Å². The van der Waals surface area contributed by atoms with Crippen LogP contribution in [0.1, 0.15) is 68.4 Å². The van der Waals surface area contributed by atoms with E-state index in [-0.39, 0.29) is 0 Å². The summed E-state index contributed by atoms with van der Waals surface area (Å²) in [6, 6.07) is 25.0. The Kier molecular flexibility index (Phi) is 5.60. The van der Waals surface area contributed by atoms with Crippen LogP contribution < -0.4 is 0 Å². The molecule has 32 heavy (non-hydrogen) atoms. The molecule has 0 amide bonds. The predicted molar refractivity (Wildman–Crippen MR) is 132 cm³/mol. The summed E-state index contributed by atoms with van der Waals surface area (Å²) < 4.78 is 2.09. The quantitative estimate of drug-likeness (QED) is 0.372. The normalized spacial score (nSPS) is 19.3. The van der Waals surface area contributed by atoms with Crippen molar-refractivity contribution >= 4 is 10.8 Å². The Hall–Kier alpha value is -2.91. The first kappa shape index (κ1) is 21.0. The van der Waals surface area contributed by atoms with E-state index >= 15 is 0 Å². The second-order valence-electron chi connectivity index (χ2n) is 9.61. The van der Waals surface area contributed by atoms with E-state index in [1.165, 1.54) is 35.4 Å². The topological polar surface area (TPSA) is 38.0 Å². The molecule has 3 heteroatoms. The monoisotopic (exact) mass is 424 g/mol. The molecular weight excluding hydrogens is 392 g/mol. The molecule has 1 aromatic heterocycles. The summed E-state index contributed by atoms with van der Waals surface area (Å²) in [6.45, 7) is 7.38. The van der Waals surface area contributed by atoms with Crippen molar-refractivity contribution in [2.24, 2.45) is 5.92 Å². The number of aromatic nitrogens is 2. The van der Waals surface area contributed by atoms with Crippen molar-refractivity contribution in [2.45, 2.75) is 58.1 Å². The second-order valence-corrected chi connectivity index (χ2v) is 9.61. The maximum Gasteiger partial charge on any atom is 0.0992 e. The number of nitrogens with zero attached hydrogens (tertiary/aromatic N) is 2. The zero-order chi connectivity index (χ0) is 22.2. The lowest BCUT2D eigenvalue weighted by molar-refractivity contribution is 0.153.